The summed E-state index contributed by atoms with van der Waals surface area (Å²) in [5, 5.41) is 8.69. The summed E-state index contributed by atoms with van der Waals surface area (Å²) < 4.78 is 5.23. The average molecular weight is 198 g/mol. The van der Waals surface area contributed by atoms with E-state index in [4.69, 9.17) is 9.84 Å². The highest BCUT2D eigenvalue weighted by Gasteiger charge is 2.17. The van der Waals surface area contributed by atoms with Crippen LogP contribution >= 0.6 is 0 Å². The van der Waals surface area contributed by atoms with Crippen molar-refractivity contribution in [1.82, 2.24) is 0 Å². The molecule has 0 aromatic carbocycles. The molecule has 0 radical (unpaired) electrons. The topological polar surface area (TPSA) is 46.5 Å². The summed E-state index contributed by atoms with van der Waals surface area (Å²) in [5.41, 5.74) is 0.147. The zero-order valence-electron chi connectivity index (χ0n) is 8.50. The van der Waals surface area contributed by atoms with Crippen LogP contribution in [0.5, 0.6) is 0 Å². The Labute approximate surface area is 84.8 Å². The van der Waals surface area contributed by atoms with Crippen molar-refractivity contribution in [2.24, 2.45) is 0 Å². The Morgan fingerprint density at radius 2 is 1.86 bits per heavy atom. The van der Waals surface area contributed by atoms with E-state index in [1.54, 1.807) is 0 Å². The van der Waals surface area contributed by atoms with Gasteiger partial charge in [-0.25, -0.2) is 4.79 Å². The molecule has 0 aromatic rings. The zero-order chi connectivity index (χ0) is 10.4. The van der Waals surface area contributed by atoms with Crippen molar-refractivity contribution in [3.63, 3.8) is 0 Å². The molecular formula is C11H18O3. The Hall–Kier alpha value is -0.830. The number of aliphatic hydroxyl groups excluding tert-OH is 1. The van der Waals surface area contributed by atoms with E-state index in [0.717, 1.165) is 25.7 Å². The molecule has 3 nitrogen and oxygen atoms in total. The summed E-state index contributed by atoms with van der Waals surface area (Å²) in [6.45, 7) is 3.12. The molecule has 1 fully saturated rings. The quantitative estimate of drug-likeness (QED) is 0.427. The molecule has 0 aromatic heterocycles. The maximum Gasteiger partial charge on any atom is 0.336 e. The zero-order valence-corrected chi connectivity index (χ0v) is 8.50. The highest BCUT2D eigenvalue weighted by Crippen LogP contribution is 2.20. The van der Waals surface area contributed by atoms with Crippen molar-refractivity contribution in [1.29, 1.82) is 0 Å². The molecule has 1 rings (SSSR count). The standard InChI is InChI=1S/C11H18O3/c1-9(8-12)11(13)14-10-6-4-2-3-5-7-10/h10,12H,1-8H2. The van der Waals surface area contributed by atoms with Crippen LogP contribution in [0.25, 0.3) is 0 Å². The second-order valence-corrected chi connectivity index (χ2v) is 3.78. The van der Waals surface area contributed by atoms with E-state index in [0.29, 0.717) is 0 Å². The Morgan fingerprint density at radius 1 is 1.29 bits per heavy atom. The first-order valence-corrected chi connectivity index (χ1v) is 5.23. The second kappa shape index (κ2) is 5.81. The van der Waals surface area contributed by atoms with Crippen LogP contribution in [0.15, 0.2) is 12.2 Å². The second-order valence-electron chi connectivity index (χ2n) is 3.78. The van der Waals surface area contributed by atoms with Gasteiger partial charge < -0.3 is 9.84 Å². The van der Waals surface area contributed by atoms with Crippen LogP contribution in [0, 0.1) is 0 Å². The Morgan fingerprint density at radius 3 is 2.36 bits per heavy atom. The van der Waals surface area contributed by atoms with Gasteiger partial charge in [-0.2, -0.15) is 0 Å². The fraction of sp³-hybridized carbons (Fsp3) is 0.727. The van der Waals surface area contributed by atoms with E-state index in [1.807, 2.05) is 0 Å². The Bertz CT molecular complexity index is 203. The van der Waals surface area contributed by atoms with Crippen molar-refractivity contribution < 1.29 is 14.6 Å². The lowest BCUT2D eigenvalue weighted by Crippen LogP contribution is -2.19. The molecule has 0 bridgehead atoms. The van der Waals surface area contributed by atoms with Gasteiger partial charge in [0.15, 0.2) is 0 Å². The molecule has 1 saturated carbocycles. The molecule has 0 spiro atoms. The third-order valence-electron chi connectivity index (χ3n) is 2.56. The number of carbonyl (C=O) groups excluding carboxylic acids is 1. The first kappa shape index (κ1) is 11.2. The lowest BCUT2D eigenvalue weighted by molar-refractivity contribution is -0.145. The molecule has 1 N–H and O–H groups in total. The third-order valence-corrected chi connectivity index (χ3v) is 2.56. The fourth-order valence-corrected chi connectivity index (χ4v) is 1.66. The predicted octanol–water partition coefficient (Wildman–Crippen LogP) is 1.80. The van der Waals surface area contributed by atoms with Gasteiger partial charge in [-0.05, 0) is 25.7 Å². The smallest absolute Gasteiger partial charge is 0.336 e. The van der Waals surface area contributed by atoms with E-state index in [-0.39, 0.29) is 18.3 Å². The van der Waals surface area contributed by atoms with E-state index in [2.05, 4.69) is 6.58 Å². The maximum absolute atomic E-state index is 11.3. The molecule has 0 saturated heterocycles. The predicted molar refractivity (Wildman–Crippen MR) is 53.8 cm³/mol. The lowest BCUT2D eigenvalue weighted by Gasteiger charge is -2.15. The van der Waals surface area contributed by atoms with E-state index >= 15 is 0 Å². The van der Waals surface area contributed by atoms with Gasteiger partial charge in [-0.1, -0.05) is 19.4 Å². The van der Waals surface area contributed by atoms with Crippen LogP contribution in [0.4, 0.5) is 0 Å². The SMILES string of the molecule is C=C(CO)C(=O)OC1CCCCCC1. The first-order valence-electron chi connectivity index (χ1n) is 5.23. The van der Waals surface area contributed by atoms with Crippen molar-refractivity contribution in [2.75, 3.05) is 6.61 Å². The minimum absolute atomic E-state index is 0.0355. The summed E-state index contributed by atoms with van der Waals surface area (Å²) in [4.78, 5) is 11.3. The molecule has 80 valence electrons. The minimum Gasteiger partial charge on any atom is -0.459 e. The Kier molecular flexibility index (Phi) is 4.66. The van der Waals surface area contributed by atoms with E-state index < -0.39 is 5.97 Å². The molecule has 0 heterocycles. The molecule has 14 heavy (non-hydrogen) atoms. The number of ether oxygens (including phenoxy) is 1. The maximum atomic E-state index is 11.3. The highest BCUT2D eigenvalue weighted by molar-refractivity contribution is 5.88. The van der Waals surface area contributed by atoms with Gasteiger partial charge in [-0.15, -0.1) is 0 Å². The molecular weight excluding hydrogens is 180 g/mol. The minimum atomic E-state index is -0.445. The van der Waals surface area contributed by atoms with Gasteiger partial charge in [0.1, 0.15) is 6.10 Å². The van der Waals surface area contributed by atoms with E-state index in [1.165, 1.54) is 12.8 Å². The van der Waals surface area contributed by atoms with Gasteiger partial charge in [0, 0.05) is 0 Å². The summed E-state index contributed by atoms with van der Waals surface area (Å²) in [5.74, 6) is -0.445. The summed E-state index contributed by atoms with van der Waals surface area (Å²) >= 11 is 0. The number of hydrogen-bond acceptors (Lipinski definition) is 3. The molecule has 1 aliphatic carbocycles. The molecule has 0 atom stereocenters. The van der Waals surface area contributed by atoms with Gasteiger partial charge in [-0.3, -0.25) is 0 Å². The van der Waals surface area contributed by atoms with Gasteiger partial charge >= 0.3 is 5.97 Å². The number of hydrogen-bond donors (Lipinski definition) is 1. The molecule has 0 aliphatic heterocycles. The van der Waals surface area contributed by atoms with Crippen LogP contribution in [-0.2, 0) is 9.53 Å². The van der Waals surface area contributed by atoms with E-state index in [9.17, 15) is 4.79 Å². The highest BCUT2D eigenvalue weighted by atomic mass is 16.5. The summed E-state index contributed by atoms with van der Waals surface area (Å²) in [7, 11) is 0. The molecule has 0 unspecified atom stereocenters. The van der Waals surface area contributed by atoms with Crippen LogP contribution < -0.4 is 0 Å². The Balaban J connectivity index is 2.34. The normalized spacial score (nSPS) is 18.6. The van der Waals surface area contributed by atoms with Crippen molar-refractivity contribution >= 4 is 5.97 Å². The number of carbonyl (C=O) groups is 1. The van der Waals surface area contributed by atoms with Crippen LogP contribution in [-0.4, -0.2) is 23.8 Å². The largest absolute Gasteiger partial charge is 0.459 e. The van der Waals surface area contributed by atoms with Crippen LogP contribution in [0.2, 0.25) is 0 Å². The van der Waals surface area contributed by atoms with Crippen LogP contribution in [0.1, 0.15) is 38.5 Å². The fourth-order valence-electron chi connectivity index (χ4n) is 1.66. The third kappa shape index (κ3) is 3.50. The van der Waals surface area contributed by atoms with Gasteiger partial charge in [0.05, 0.1) is 12.2 Å². The van der Waals surface area contributed by atoms with Crippen molar-refractivity contribution in [3.8, 4) is 0 Å². The van der Waals surface area contributed by atoms with Crippen molar-refractivity contribution in [3.05, 3.63) is 12.2 Å². The molecule has 0 amide bonds. The van der Waals surface area contributed by atoms with Crippen molar-refractivity contribution in [2.45, 2.75) is 44.6 Å². The average Bonchev–Trinajstić information content (AvgIpc) is 2.45. The molecule has 3 heteroatoms. The lowest BCUT2D eigenvalue weighted by atomic mass is 10.1. The summed E-state index contributed by atoms with van der Waals surface area (Å²) in [6.07, 6.45) is 6.65. The van der Waals surface area contributed by atoms with Gasteiger partial charge in [0.2, 0.25) is 0 Å². The van der Waals surface area contributed by atoms with Gasteiger partial charge in [0.25, 0.3) is 0 Å². The van der Waals surface area contributed by atoms with Crippen LogP contribution in [0.3, 0.4) is 0 Å². The monoisotopic (exact) mass is 198 g/mol. The molecule has 1 aliphatic rings. The summed E-state index contributed by atoms with van der Waals surface area (Å²) in [6, 6.07) is 0. The first-order chi connectivity index (χ1) is 6.74. The number of rotatable bonds is 3. The number of esters is 1. The number of aliphatic hydroxyl groups is 1.